The predicted octanol–water partition coefficient (Wildman–Crippen LogP) is 3.42. The molecule has 0 saturated heterocycles. The van der Waals surface area contributed by atoms with Crippen LogP contribution in [-0.2, 0) is 19.0 Å². The van der Waals surface area contributed by atoms with Crippen molar-refractivity contribution in [1.82, 2.24) is 9.78 Å². The fourth-order valence-corrected chi connectivity index (χ4v) is 2.51. The fraction of sp³-hybridized carbons (Fsp3) is 0.357. The van der Waals surface area contributed by atoms with Gasteiger partial charge < -0.3 is 5.32 Å². The molecule has 1 N–H and O–H groups in total. The van der Waals surface area contributed by atoms with E-state index in [0.29, 0.717) is 5.69 Å². The second-order valence-corrected chi connectivity index (χ2v) is 4.76. The Morgan fingerprint density at radius 2 is 1.95 bits per heavy atom. The second kappa shape index (κ2) is 4.54. The molecule has 1 aromatic carbocycles. The highest BCUT2D eigenvalue weighted by Crippen LogP contribution is 2.32. The molecule has 6 heteroatoms. The van der Waals surface area contributed by atoms with Crippen molar-refractivity contribution in [3.63, 3.8) is 0 Å². The number of aromatic nitrogens is 2. The van der Waals surface area contributed by atoms with E-state index in [1.165, 1.54) is 17.7 Å². The molecule has 0 bridgehead atoms. The average molecular weight is 281 g/mol. The van der Waals surface area contributed by atoms with E-state index in [4.69, 9.17) is 0 Å². The van der Waals surface area contributed by atoms with Crippen LogP contribution < -0.4 is 5.32 Å². The summed E-state index contributed by atoms with van der Waals surface area (Å²) in [7, 11) is 0. The molecule has 1 aliphatic rings. The first-order valence-electron chi connectivity index (χ1n) is 6.53. The minimum absolute atomic E-state index is 0.642. The minimum Gasteiger partial charge on any atom is -0.369 e. The van der Waals surface area contributed by atoms with E-state index in [2.05, 4.69) is 10.4 Å². The van der Waals surface area contributed by atoms with Crippen molar-refractivity contribution in [2.45, 2.75) is 25.9 Å². The minimum atomic E-state index is -4.31. The quantitative estimate of drug-likeness (QED) is 0.914. The number of nitrogens with zero attached hydrogens (tertiary/aromatic N) is 2. The Labute approximate surface area is 114 Å². The Balaban J connectivity index is 2.02. The van der Waals surface area contributed by atoms with Gasteiger partial charge in [-0.05, 0) is 37.1 Å². The average Bonchev–Trinajstić information content (AvgIpc) is 2.99. The summed E-state index contributed by atoms with van der Waals surface area (Å²) in [4.78, 5) is 0. The summed E-state index contributed by atoms with van der Waals surface area (Å²) < 4.78 is 39.4. The van der Waals surface area contributed by atoms with Gasteiger partial charge in [0.25, 0.3) is 0 Å². The Morgan fingerprint density at radius 3 is 2.55 bits per heavy atom. The highest BCUT2D eigenvalue weighted by atomic mass is 19.4. The van der Waals surface area contributed by atoms with Gasteiger partial charge >= 0.3 is 6.18 Å². The zero-order valence-electron chi connectivity index (χ0n) is 11.0. The van der Waals surface area contributed by atoms with Gasteiger partial charge in [-0.1, -0.05) is 6.92 Å². The van der Waals surface area contributed by atoms with E-state index >= 15 is 0 Å². The third kappa shape index (κ3) is 2.05. The van der Waals surface area contributed by atoms with Crippen LogP contribution in [-0.4, -0.2) is 16.3 Å². The molecule has 0 unspecified atom stereocenters. The van der Waals surface area contributed by atoms with E-state index in [1.807, 2.05) is 6.92 Å². The Morgan fingerprint density at radius 1 is 1.25 bits per heavy atom. The Hall–Kier alpha value is -1.98. The number of nitrogens with one attached hydrogen (secondary N) is 1. The molecule has 0 spiro atoms. The number of alkyl halides is 3. The van der Waals surface area contributed by atoms with E-state index in [0.717, 1.165) is 43.0 Å². The summed E-state index contributed by atoms with van der Waals surface area (Å²) >= 11 is 0. The van der Waals surface area contributed by atoms with Crippen molar-refractivity contribution in [3.8, 4) is 5.69 Å². The van der Waals surface area contributed by atoms with Gasteiger partial charge in [0.05, 0.1) is 16.9 Å². The number of anilines is 1. The number of hydrogen-bond donors (Lipinski definition) is 1. The van der Waals surface area contributed by atoms with Crippen molar-refractivity contribution in [2.24, 2.45) is 0 Å². The maximum absolute atomic E-state index is 12.6. The molecule has 20 heavy (non-hydrogen) atoms. The van der Waals surface area contributed by atoms with Crippen LogP contribution in [0.1, 0.15) is 23.7 Å². The van der Waals surface area contributed by atoms with Gasteiger partial charge in [0.15, 0.2) is 0 Å². The van der Waals surface area contributed by atoms with Crippen LogP contribution >= 0.6 is 0 Å². The molecule has 2 aromatic rings. The van der Waals surface area contributed by atoms with E-state index in [9.17, 15) is 13.2 Å². The lowest BCUT2D eigenvalue weighted by molar-refractivity contribution is -0.137. The van der Waals surface area contributed by atoms with E-state index in [-0.39, 0.29) is 0 Å². The van der Waals surface area contributed by atoms with Crippen LogP contribution in [0.25, 0.3) is 5.69 Å². The zero-order chi connectivity index (χ0) is 14.3. The summed E-state index contributed by atoms with van der Waals surface area (Å²) in [5, 5.41) is 7.73. The summed E-state index contributed by atoms with van der Waals surface area (Å²) in [6, 6.07) is 5.08. The smallest absolute Gasteiger partial charge is 0.369 e. The number of aryl methyl sites for hydroxylation is 1. The van der Waals surface area contributed by atoms with Gasteiger partial charge in [-0.2, -0.15) is 18.3 Å². The molecule has 0 saturated carbocycles. The highest BCUT2D eigenvalue weighted by molar-refractivity contribution is 5.57. The SMILES string of the molecule is CCc1nn(-c2ccc(C(F)(F)F)cc2)c2c1CCN2. The largest absolute Gasteiger partial charge is 0.416 e. The van der Waals surface area contributed by atoms with Crippen LogP contribution in [0.4, 0.5) is 19.0 Å². The Kier molecular flexibility index (Phi) is 2.96. The number of rotatable bonds is 2. The lowest BCUT2D eigenvalue weighted by atomic mass is 10.1. The van der Waals surface area contributed by atoms with Crippen molar-refractivity contribution in [3.05, 3.63) is 41.1 Å². The summed E-state index contributed by atoms with van der Waals surface area (Å²) in [6.07, 6.45) is -2.58. The van der Waals surface area contributed by atoms with Gasteiger partial charge in [-0.15, -0.1) is 0 Å². The first-order valence-corrected chi connectivity index (χ1v) is 6.53. The molecule has 106 valence electrons. The van der Waals surface area contributed by atoms with Crippen LogP contribution in [0.5, 0.6) is 0 Å². The standard InChI is InChI=1S/C14H14F3N3/c1-2-12-11-7-8-18-13(11)20(19-12)10-5-3-9(4-6-10)14(15,16)17/h3-6,18H,2,7-8H2,1H3. The molecule has 3 rings (SSSR count). The van der Waals surface area contributed by atoms with Gasteiger partial charge in [-0.3, -0.25) is 0 Å². The third-order valence-corrected chi connectivity index (χ3v) is 3.51. The topological polar surface area (TPSA) is 29.9 Å². The van der Waals surface area contributed by atoms with Crippen LogP contribution in [0.3, 0.4) is 0 Å². The normalized spacial score (nSPS) is 14.2. The zero-order valence-corrected chi connectivity index (χ0v) is 11.0. The first-order chi connectivity index (χ1) is 9.50. The maximum Gasteiger partial charge on any atom is 0.416 e. The fourth-order valence-electron chi connectivity index (χ4n) is 2.51. The lowest BCUT2D eigenvalue weighted by Crippen LogP contribution is -2.07. The molecule has 0 aliphatic carbocycles. The van der Waals surface area contributed by atoms with E-state index in [1.54, 1.807) is 4.68 Å². The molecule has 3 nitrogen and oxygen atoms in total. The molecule has 1 aliphatic heterocycles. The van der Waals surface area contributed by atoms with Crippen LogP contribution in [0, 0.1) is 0 Å². The van der Waals surface area contributed by atoms with Gasteiger partial charge in [-0.25, -0.2) is 4.68 Å². The predicted molar refractivity (Wildman–Crippen MR) is 70.1 cm³/mol. The number of benzene rings is 1. The van der Waals surface area contributed by atoms with Gasteiger partial charge in [0, 0.05) is 12.1 Å². The van der Waals surface area contributed by atoms with E-state index < -0.39 is 11.7 Å². The molecule has 0 fully saturated rings. The summed E-state index contributed by atoms with van der Waals surface area (Å²) in [5.41, 5.74) is 2.18. The second-order valence-electron chi connectivity index (χ2n) is 4.76. The first kappa shape index (κ1) is 13.0. The lowest BCUT2D eigenvalue weighted by Gasteiger charge is -2.09. The molecular weight excluding hydrogens is 267 g/mol. The third-order valence-electron chi connectivity index (χ3n) is 3.51. The number of halogens is 3. The van der Waals surface area contributed by atoms with Gasteiger partial charge in [0.2, 0.25) is 0 Å². The summed E-state index contributed by atoms with van der Waals surface area (Å²) in [6.45, 7) is 2.87. The molecule has 2 heterocycles. The molecule has 1 aromatic heterocycles. The van der Waals surface area contributed by atoms with Crippen molar-refractivity contribution < 1.29 is 13.2 Å². The molecular formula is C14H14F3N3. The van der Waals surface area contributed by atoms with Crippen molar-refractivity contribution in [1.29, 1.82) is 0 Å². The molecule has 0 amide bonds. The highest BCUT2D eigenvalue weighted by Gasteiger charge is 2.30. The van der Waals surface area contributed by atoms with Crippen LogP contribution in [0.2, 0.25) is 0 Å². The van der Waals surface area contributed by atoms with Crippen LogP contribution in [0.15, 0.2) is 24.3 Å². The number of hydrogen-bond acceptors (Lipinski definition) is 2. The molecule has 0 atom stereocenters. The van der Waals surface area contributed by atoms with Crippen molar-refractivity contribution >= 4 is 5.82 Å². The molecule has 0 radical (unpaired) electrons. The Bertz CT molecular complexity index is 626. The summed E-state index contributed by atoms with van der Waals surface area (Å²) in [5.74, 6) is 0.904. The monoisotopic (exact) mass is 281 g/mol. The van der Waals surface area contributed by atoms with Gasteiger partial charge in [0.1, 0.15) is 5.82 Å². The maximum atomic E-state index is 12.6. The van der Waals surface area contributed by atoms with Crippen molar-refractivity contribution in [2.75, 3.05) is 11.9 Å². The number of fused-ring (bicyclic) bond motifs is 1.